The molecule has 1 heterocycles. The number of alkyl carbamates (subject to hydrolysis) is 1. The van der Waals surface area contributed by atoms with Gasteiger partial charge in [0.05, 0.1) is 6.61 Å². The van der Waals surface area contributed by atoms with Gasteiger partial charge in [-0.2, -0.15) is 0 Å². The van der Waals surface area contributed by atoms with Gasteiger partial charge in [-0.15, -0.1) is 0 Å². The quantitative estimate of drug-likeness (QED) is 0.376. The molecule has 1 atom stereocenters. The van der Waals surface area contributed by atoms with Crippen molar-refractivity contribution in [1.82, 2.24) is 5.32 Å². The highest BCUT2D eigenvalue weighted by atomic mass is 127. The zero-order chi connectivity index (χ0) is 18.1. The summed E-state index contributed by atoms with van der Waals surface area (Å²) in [5, 5.41) is 12.3. The molecular weight excluding hydrogens is 429 g/mol. The number of carbonyl (C=O) groups excluding carboxylic acids is 1. The Bertz CT molecular complexity index is 564. The Balaban J connectivity index is 1.79. The summed E-state index contributed by atoms with van der Waals surface area (Å²) in [4.78, 5) is 11.3. The number of nitrogens with one attached hydrogen (secondary N) is 1. The third-order valence-corrected chi connectivity index (χ3v) is 5.96. The number of rotatable bonds is 11. The van der Waals surface area contributed by atoms with Gasteiger partial charge in [0, 0.05) is 3.57 Å². The Hall–Kier alpha value is -0.820. The predicted octanol–water partition coefficient (Wildman–Crippen LogP) is 4.60. The van der Waals surface area contributed by atoms with Crippen molar-refractivity contribution in [3.63, 3.8) is 0 Å². The number of aryl methyl sites for hydroxylation is 2. The molecule has 1 aromatic rings. The Morgan fingerprint density at radius 2 is 1.96 bits per heavy atom. The fraction of sp³-hybridized carbons (Fsp3) is 0.650. The maximum absolute atomic E-state index is 11.3. The van der Waals surface area contributed by atoms with Gasteiger partial charge < -0.3 is 15.2 Å². The second-order valence-electron chi connectivity index (χ2n) is 7.08. The minimum absolute atomic E-state index is 0.0913. The minimum Gasteiger partial charge on any atom is -0.447 e. The number of hydrogen-bond donors (Lipinski definition) is 2. The van der Waals surface area contributed by atoms with E-state index in [1.807, 2.05) is 0 Å². The monoisotopic (exact) mass is 459 g/mol. The zero-order valence-corrected chi connectivity index (χ0v) is 17.3. The first-order valence-corrected chi connectivity index (χ1v) is 10.5. The first-order chi connectivity index (χ1) is 12.1. The number of aliphatic hydroxyl groups is 1. The number of ether oxygens (including phenoxy) is 1. The van der Waals surface area contributed by atoms with Crippen molar-refractivity contribution < 1.29 is 14.6 Å². The lowest BCUT2D eigenvalue weighted by molar-refractivity contribution is 0.140. The third kappa shape index (κ3) is 6.44. The number of halogens is 1. The van der Waals surface area contributed by atoms with Crippen LogP contribution in [-0.2, 0) is 17.6 Å². The van der Waals surface area contributed by atoms with Gasteiger partial charge in [-0.1, -0.05) is 51.2 Å². The molecule has 1 amide bonds. The van der Waals surface area contributed by atoms with E-state index >= 15 is 0 Å². The van der Waals surface area contributed by atoms with Crippen LogP contribution in [-0.4, -0.2) is 30.0 Å². The van der Waals surface area contributed by atoms with Gasteiger partial charge >= 0.3 is 6.09 Å². The SMILES string of the molecule is CCCCCCCCc1ccc(CCC2(CO)COC(=O)N2)cc1I. The van der Waals surface area contributed by atoms with Crippen LogP contribution in [0.3, 0.4) is 0 Å². The molecule has 2 rings (SSSR count). The number of carbonyl (C=O) groups is 1. The van der Waals surface area contributed by atoms with Crippen LogP contribution in [0.25, 0.3) is 0 Å². The van der Waals surface area contributed by atoms with E-state index in [0.717, 1.165) is 12.8 Å². The Morgan fingerprint density at radius 1 is 1.20 bits per heavy atom. The van der Waals surface area contributed by atoms with Crippen molar-refractivity contribution in [2.24, 2.45) is 0 Å². The smallest absolute Gasteiger partial charge is 0.407 e. The molecule has 140 valence electrons. The molecule has 1 aliphatic rings. The second kappa shape index (κ2) is 10.4. The van der Waals surface area contributed by atoms with Gasteiger partial charge in [-0.25, -0.2) is 4.79 Å². The second-order valence-corrected chi connectivity index (χ2v) is 8.25. The van der Waals surface area contributed by atoms with Crippen molar-refractivity contribution >= 4 is 28.7 Å². The van der Waals surface area contributed by atoms with E-state index in [9.17, 15) is 9.90 Å². The summed E-state index contributed by atoms with van der Waals surface area (Å²) in [5.41, 5.74) is 2.04. The molecule has 4 nitrogen and oxygen atoms in total. The molecule has 0 aliphatic carbocycles. The average Bonchev–Trinajstić information content (AvgIpc) is 2.99. The third-order valence-electron chi connectivity index (χ3n) is 4.96. The van der Waals surface area contributed by atoms with Crippen LogP contribution in [0.2, 0.25) is 0 Å². The number of unbranched alkanes of at least 4 members (excludes halogenated alkanes) is 5. The average molecular weight is 459 g/mol. The Labute approximate surface area is 164 Å². The fourth-order valence-corrected chi connectivity index (χ4v) is 4.07. The lowest BCUT2D eigenvalue weighted by Gasteiger charge is -2.23. The van der Waals surface area contributed by atoms with E-state index in [4.69, 9.17) is 4.74 Å². The van der Waals surface area contributed by atoms with Gasteiger partial charge in [0.2, 0.25) is 0 Å². The molecule has 2 N–H and O–H groups in total. The summed E-state index contributed by atoms with van der Waals surface area (Å²) in [5.74, 6) is 0. The Morgan fingerprint density at radius 3 is 2.60 bits per heavy atom. The van der Waals surface area contributed by atoms with E-state index in [1.54, 1.807) is 0 Å². The number of aliphatic hydroxyl groups excluding tert-OH is 1. The largest absolute Gasteiger partial charge is 0.447 e. The number of amides is 1. The maximum atomic E-state index is 11.3. The maximum Gasteiger partial charge on any atom is 0.407 e. The molecule has 0 saturated carbocycles. The predicted molar refractivity (Wildman–Crippen MR) is 109 cm³/mol. The van der Waals surface area contributed by atoms with Crippen LogP contribution < -0.4 is 5.32 Å². The zero-order valence-electron chi connectivity index (χ0n) is 15.2. The highest BCUT2D eigenvalue weighted by Gasteiger charge is 2.38. The van der Waals surface area contributed by atoms with Crippen molar-refractivity contribution in [2.75, 3.05) is 13.2 Å². The normalized spacial score (nSPS) is 19.7. The van der Waals surface area contributed by atoms with E-state index in [0.29, 0.717) is 6.42 Å². The van der Waals surface area contributed by atoms with Crippen molar-refractivity contribution in [3.8, 4) is 0 Å². The van der Waals surface area contributed by atoms with Crippen LogP contribution in [0, 0.1) is 3.57 Å². The number of cyclic esters (lactones) is 1. The lowest BCUT2D eigenvalue weighted by Crippen LogP contribution is -2.47. The lowest BCUT2D eigenvalue weighted by atomic mass is 9.93. The molecule has 0 bridgehead atoms. The highest BCUT2D eigenvalue weighted by Crippen LogP contribution is 2.23. The standard InChI is InChI=1S/C20H30INO3/c1-2-3-4-5-6-7-8-17-10-9-16(13-18(17)21)11-12-20(14-23)15-25-19(24)22-20/h9-10,13,23H,2-8,11-12,14-15H2,1H3,(H,22,24). The van der Waals surface area contributed by atoms with Crippen LogP contribution in [0.5, 0.6) is 0 Å². The molecule has 1 saturated heterocycles. The molecule has 0 radical (unpaired) electrons. The summed E-state index contributed by atoms with van der Waals surface area (Å²) in [6, 6.07) is 6.64. The fourth-order valence-electron chi connectivity index (χ4n) is 3.22. The van der Waals surface area contributed by atoms with Crippen molar-refractivity contribution in [2.45, 2.75) is 70.3 Å². The summed E-state index contributed by atoms with van der Waals surface area (Å²) in [7, 11) is 0. The van der Waals surface area contributed by atoms with Crippen LogP contribution >= 0.6 is 22.6 Å². The molecule has 5 heteroatoms. The summed E-state index contributed by atoms with van der Waals surface area (Å²) in [6.45, 7) is 2.40. The number of benzene rings is 1. The van der Waals surface area contributed by atoms with Gasteiger partial charge in [-0.05, 0) is 65.5 Å². The van der Waals surface area contributed by atoms with Gasteiger partial charge in [-0.3, -0.25) is 0 Å². The molecular formula is C20H30INO3. The van der Waals surface area contributed by atoms with E-state index in [2.05, 4.69) is 53.0 Å². The van der Waals surface area contributed by atoms with E-state index < -0.39 is 11.6 Å². The van der Waals surface area contributed by atoms with Gasteiger partial charge in [0.25, 0.3) is 0 Å². The minimum atomic E-state index is -0.625. The van der Waals surface area contributed by atoms with Crippen molar-refractivity contribution in [1.29, 1.82) is 0 Å². The summed E-state index contributed by atoms with van der Waals surface area (Å²) < 4.78 is 6.27. The molecule has 0 spiro atoms. The first kappa shape index (κ1) is 20.5. The molecule has 1 aromatic carbocycles. The first-order valence-electron chi connectivity index (χ1n) is 9.42. The molecule has 0 aromatic heterocycles. The Kier molecular flexibility index (Phi) is 8.49. The van der Waals surface area contributed by atoms with Crippen LogP contribution in [0.4, 0.5) is 4.79 Å². The summed E-state index contributed by atoms with van der Waals surface area (Å²) >= 11 is 2.42. The molecule has 1 aliphatic heterocycles. The molecule has 1 unspecified atom stereocenters. The highest BCUT2D eigenvalue weighted by molar-refractivity contribution is 14.1. The molecule has 1 fully saturated rings. The van der Waals surface area contributed by atoms with E-state index in [1.165, 1.54) is 53.2 Å². The molecule has 25 heavy (non-hydrogen) atoms. The number of hydrogen-bond acceptors (Lipinski definition) is 3. The van der Waals surface area contributed by atoms with Gasteiger partial charge in [0.1, 0.15) is 12.1 Å². The van der Waals surface area contributed by atoms with Crippen molar-refractivity contribution in [3.05, 3.63) is 32.9 Å². The van der Waals surface area contributed by atoms with Crippen LogP contribution in [0.15, 0.2) is 18.2 Å². The van der Waals surface area contributed by atoms with Crippen LogP contribution in [0.1, 0.15) is 63.0 Å². The van der Waals surface area contributed by atoms with Gasteiger partial charge in [0.15, 0.2) is 0 Å². The van der Waals surface area contributed by atoms with E-state index in [-0.39, 0.29) is 13.2 Å². The topological polar surface area (TPSA) is 58.6 Å². The summed E-state index contributed by atoms with van der Waals surface area (Å²) in [6.07, 6.45) is 10.2.